The molecule has 0 spiro atoms. The zero-order valence-electron chi connectivity index (χ0n) is 10.0. The van der Waals surface area contributed by atoms with Crippen LogP contribution >= 0.6 is 0 Å². The molecule has 1 heterocycles. The zero-order chi connectivity index (χ0) is 11.3. The molecule has 0 aromatic carbocycles. The highest BCUT2D eigenvalue weighted by Crippen LogP contribution is 2.03. The molecule has 86 valence electrons. The fraction of sp³-hybridized carbons (Fsp3) is 0.727. The first kappa shape index (κ1) is 12.2. The van der Waals surface area contributed by atoms with Crippen LogP contribution in [-0.2, 0) is 18.2 Å². The third kappa shape index (κ3) is 4.44. The van der Waals surface area contributed by atoms with Crippen LogP contribution in [0.4, 0.5) is 0 Å². The van der Waals surface area contributed by atoms with Gasteiger partial charge in [-0.1, -0.05) is 0 Å². The van der Waals surface area contributed by atoms with Gasteiger partial charge in [0.05, 0.1) is 18.9 Å². The van der Waals surface area contributed by atoms with Crippen LogP contribution in [0.3, 0.4) is 0 Å². The number of nitrogens with one attached hydrogen (secondary N) is 1. The summed E-state index contributed by atoms with van der Waals surface area (Å²) in [5.41, 5.74) is 1.24. The number of hydrogen-bond acceptors (Lipinski definition) is 3. The van der Waals surface area contributed by atoms with Crippen LogP contribution in [0.15, 0.2) is 12.4 Å². The van der Waals surface area contributed by atoms with Crippen molar-refractivity contribution in [3.8, 4) is 0 Å². The van der Waals surface area contributed by atoms with Gasteiger partial charge in [0.15, 0.2) is 0 Å². The van der Waals surface area contributed by atoms with Crippen molar-refractivity contribution in [1.82, 2.24) is 15.1 Å². The lowest BCUT2D eigenvalue weighted by atomic mass is 10.1. The first-order chi connectivity index (χ1) is 7.11. The van der Waals surface area contributed by atoms with Gasteiger partial charge in [0, 0.05) is 19.3 Å². The van der Waals surface area contributed by atoms with E-state index < -0.39 is 0 Å². The van der Waals surface area contributed by atoms with E-state index in [1.807, 2.05) is 31.2 Å². The maximum Gasteiger partial charge on any atom is 0.0626 e. The highest BCUT2D eigenvalue weighted by Gasteiger charge is 2.09. The maximum absolute atomic E-state index is 5.58. The molecule has 0 aliphatic rings. The highest BCUT2D eigenvalue weighted by atomic mass is 16.5. The van der Waals surface area contributed by atoms with Gasteiger partial charge in [0.2, 0.25) is 0 Å². The summed E-state index contributed by atoms with van der Waals surface area (Å²) in [6.07, 6.45) is 5.19. The lowest BCUT2D eigenvalue weighted by Crippen LogP contribution is -2.33. The van der Waals surface area contributed by atoms with Crippen LogP contribution in [0.5, 0.6) is 0 Å². The van der Waals surface area contributed by atoms with Crippen molar-refractivity contribution in [3.05, 3.63) is 18.0 Å². The Balaban J connectivity index is 2.39. The summed E-state index contributed by atoms with van der Waals surface area (Å²) in [5, 5.41) is 7.40. The molecule has 0 saturated heterocycles. The number of aromatic nitrogens is 2. The normalized spacial score (nSPS) is 13.4. The maximum atomic E-state index is 5.58. The SMILES string of the molecule is CNC(COC(C)C)Cc1cnn(C)c1. The summed E-state index contributed by atoms with van der Waals surface area (Å²) in [5.74, 6) is 0. The van der Waals surface area contributed by atoms with Crippen molar-refractivity contribution in [1.29, 1.82) is 0 Å². The molecule has 0 fully saturated rings. The Bertz CT molecular complexity index is 283. The fourth-order valence-corrected chi connectivity index (χ4v) is 1.41. The largest absolute Gasteiger partial charge is 0.377 e. The lowest BCUT2D eigenvalue weighted by molar-refractivity contribution is 0.0628. The molecule has 0 amide bonds. The average molecular weight is 211 g/mol. The number of ether oxygens (including phenoxy) is 1. The van der Waals surface area contributed by atoms with E-state index in [2.05, 4.69) is 24.3 Å². The summed E-state index contributed by atoms with van der Waals surface area (Å²) >= 11 is 0. The second-order valence-electron chi connectivity index (χ2n) is 4.09. The molecule has 0 saturated carbocycles. The minimum Gasteiger partial charge on any atom is -0.377 e. The molecule has 0 radical (unpaired) electrons. The topological polar surface area (TPSA) is 39.1 Å². The Morgan fingerprint density at radius 3 is 2.73 bits per heavy atom. The molecule has 1 unspecified atom stereocenters. The molecule has 1 aromatic heterocycles. The average Bonchev–Trinajstić information content (AvgIpc) is 2.58. The van der Waals surface area contributed by atoms with Crippen LogP contribution in [0.25, 0.3) is 0 Å². The lowest BCUT2D eigenvalue weighted by Gasteiger charge is -2.17. The van der Waals surface area contributed by atoms with Crippen LogP contribution in [0.2, 0.25) is 0 Å². The summed E-state index contributed by atoms with van der Waals surface area (Å²) in [4.78, 5) is 0. The molecule has 4 nitrogen and oxygen atoms in total. The molecule has 1 N–H and O–H groups in total. The standard InChI is InChI=1S/C11H21N3O/c1-9(2)15-8-11(12-3)5-10-6-13-14(4)7-10/h6-7,9,11-12H,5,8H2,1-4H3. The molecule has 4 heteroatoms. The minimum atomic E-state index is 0.287. The first-order valence-electron chi connectivity index (χ1n) is 5.38. The Morgan fingerprint density at radius 1 is 1.53 bits per heavy atom. The quantitative estimate of drug-likeness (QED) is 0.762. The minimum absolute atomic E-state index is 0.287. The van der Waals surface area contributed by atoms with Crippen molar-refractivity contribution in [2.75, 3.05) is 13.7 Å². The van der Waals surface area contributed by atoms with Gasteiger partial charge >= 0.3 is 0 Å². The fourth-order valence-electron chi connectivity index (χ4n) is 1.41. The van der Waals surface area contributed by atoms with Crippen molar-refractivity contribution < 1.29 is 4.74 Å². The predicted molar refractivity (Wildman–Crippen MR) is 60.8 cm³/mol. The van der Waals surface area contributed by atoms with E-state index in [9.17, 15) is 0 Å². The van der Waals surface area contributed by atoms with E-state index in [4.69, 9.17) is 4.74 Å². The van der Waals surface area contributed by atoms with Crippen LogP contribution in [-0.4, -0.2) is 35.6 Å². The summed E-state index contributed by atoms with van der Waals surface area (Å²) in [7, 11) is 3.90. The van der Waals surface area contributed by atoms with E-state index in [0.717, 1.165) is 13.0 Å². The third-order valence-electron chi connectivity index (χ3n) is 2.28. The van der Waals surface area contributed by atoms with Gasteiger partial charge in [-0.2, -0.15) is 5.10 Å². The van der Waals surface area contributed by atoms with Crippen LogP contribution in [0.1, 0.15) is 19.4 Å². The van der Waals surface area contributed by atoms with Gasteiger partial charge in [-0.3, -0.25) is 4.68 Å². The molecule has 15 heavy (non-hydrogen) atoms. The van der Waals surface area contributed by atoms with Crippen molar-refractivity contribution in [2.45, 2.75) is 32.4 Å². The van der Waals surface area contributed by atoms with E-state index >= 15 is 0 Å². The highest BCUT2D eigenvalue weighted by molar-refractivity contribution is 5.05. The second-order valence-corrected chi connectivity index (χ2v) is 4.09. The molecule has 0 aliphatic heterocycles. The number of likely N-dealkylation sites (N-methyl/N-ethyl adjacent to an activating group) is 1. The number of hydrogen-bond donors (Lipinski definition) is 1. The Hall–Kier alpha value is -0.870. The van der Waals surface area contributed by atoms with Gasteiger partial charge in [-0.25, -0.2) is 0 Å². The van der Waals surface area contributed by atoms with Gasteiger partial charge in [0.1, 0.15) is 0 Å². The third-order valence-corrected chi connectivity index (χ3v) is 2.28. The predicted octanol–water partition coefficient (Wildman–Crippen LogP) is 0.976. The number of rotatable bonds is 6. The first-order valence-corrected chi connectivity index (χ1v) is 5.38. The van der Waals surface area contributed by atoms with Crippen molar-refractivity contribution in [2.24, 2.45) is 7.05 Å². The second kappa shape index (κ2) is 5.88. The zero-order valence-corrected chi connectivity index (χ0v) is 10.0. The molecule has 0 bridgehead atoms. The van der Waals surface area contributed by atoms with E-state index in [-0.39, 0.29) is 6.10 Å². The Morgan fingerprint density at radius 2 is 2.27 bits per heavy atom. The Labute approximate surface area is 91.6 Å². The summed E-state index contributed by atoms with van der Waals surface area (Å²) < 4.78 is 7.41. The monoisotopic (exact) mass is 211 g/mol. The molecule has 0 aliphatic carbocycles. The molecule has 1 atom stereocenters. The molecule has 1 aromatic rings. The van der Waals surface area contributed by atoms with Gasteiger partial charge in [-0.05, 0) is 32.9 Å². The van der Waals surface area contributed by atoms with E-state index in [1.165, 1.54) is 5.56 Å². The number of aryl methyl sites for hydroxylation is 1. The van der Waals surface area contributed by atoms with E-state index in [1.54, 1.807) is 0 Å². The summed E-state index contributed by atoms with van der Waals surface area (Å²) in [6, 6.07) is 0.358. The van der Waals surface area contributed by atoms with Crippen molar-refractivity contribution >= 4 is 0 Å². The van der Waals surface area contributed by atoms with Crippen LogP contribution in [0, 0.1) is 0 Å². The van der Waals surface area contributed by atoms with Gasteiger partial charge < -0.3 is 10.1 Å². The summed E-state index contributed by atoms with van der Waals surface area (Å²) in [6.45, 7) is 4.84. The molecular formula is C11H21N3O. The molecular weight excluding hydrogens is 190 g/mol. The van der Waals surface area contributed by atoms with Crippen molar-refractivity contribution in [3.63, 3.8) is 0 Å². The van der Waals surface area contributed by atoms with Crippen LogP contribution < -0.4 is 5.32 Å². The Kier molecular flexibility index (Phi) is 4.78. The number of nitrogens with zero attached hydrogens (tertiary/aromatic N) is 2. The van der Waals surface area contributed by atoms with Gasteiger partial charge in [-0.15, -0.1) is 0 Å². The smallest absolute Gasteiger partial charge is 0.0626 e. The van der Waals surface area contributed by atoms with Gasteiger partial charge in [0.25, 0.3) is 0 Å². The van der Waals surface area contributed by atoms with E-state index in [0.29, 0.717) is 6.04 Å². The molecule has 1 rings (SSSR count).